The van der Waals surface area contributed by atoms with Gasteiger partial charge in [-0.1, -0.05) is 91.0 Å². The van der Waals surface area contributed by atoms with Gasteiger partial charge >= 0.3 is 0 Å². The summed E-state index contributed by atoms with van der Waals surface area (Å²) in [6, 6.07) is 37.9. The van der Waals surface area contributed by atoms with Crippen molar-refractivity contribution in [3.63, 3.8) is 0 Å². The minimum atomic E-state index is -0.0446. The minimum absolute atomic E-state index is 0.0446. The maximum absolute atomic E-state index is 9.85. The second-order valence-electron chi connectivity index (χ2n) is 10.8. The third kappa shape index (κ3) is 5.79. The van der Waals surface area contributed by atoms with E-state index in [9.17, 15) is 20.4 Å². The average molecular weight is 553 g/mol. The van der Waals surface area contributed by atoms with Crippen molar-refractivity contribution in [2.75, 3.05) is 0 Å². The molecule has 0 spiro atoms. The van der Waals surface area contributed by atoms with Gasteiger partial charge in [0.05, 0.1) is 0 Å². The number of hydrogen-bond acceptors (Lipinski definition) is 4. The zero-order chi connectivity index (χ0) is 29.1. The van der Waals surface area contributed by atoms with Crippen LogP contribution in [0.2, 0.25) is 0 Å². The Morgan fingerprint density at radius 2 is 0.810 bits per heavy atom. The molecule has 42 heavy (non-hydrogen) atoms. The lowest BCUT2D eigenvalue weighted by atomic mass is 9.76. The van der Waals surface area contributed by atoms with Crippen LogP contribution >= 0.6 is 0 Å². The molecule has 4 nitrogen and oxygen atoms in total. The minimum Gasteiger partial charge on any atom is -0.508 e. The molecular weight excluding hydrogens is 520 g/mol. The summed E-state index contributed by atoms with van der Waals surface area (Å²) in [5.74, 6) is 1.19. The highest BCUT2D eigenvalue weighted by molar-refractivity contribution is 5.75. The third-order valence-electron chi connectivity index (χ3n) is 8.10. The van der Waals surface area contributed by atoms with Crippen molar-refractivity contribution in [2.45, 2.75) is 18.3 Å². The summed E-state index contributed by atoms with van der Waals surface area (Å²) in [5, 5.41) is 39.4. The van der Waals surface area contributed by atoms with Crippen LogP contribution in [0.5, 0.6) is 23.0 Å². The fourth-order valence-corrected chi connectivity index (χ4v) is 5.93. The molecule has 0 bridgehead atoms. The van der Waals surface area contributed by atoms with Crippen LogP contribution in [-0.4, -0.2) is 20.4 Å². The van der Waals surface area contributed by atoms with Gasteiger partial charge in [-0.15, -0.1) is 0 Å². The Morgan fingerprint density at radius 1 is 0.452 bits per heavy atom. The lowest BCUT2D eigenvalue weighted by molar-refractivity contribution is 0.473. The van der Waals surface area contributed by atoms with E-state index in [4.69, 9.17) is 0 Å². The van der Waals surface area contributed by atoms with Crippen LogP contribution in [0.4, 0.5) is 0 Å². The fourth-order valence-electron chi connectivity index (χ4n) is 5.93. The van der Waals surface area contributed by atoms with Crippen LogP contribution in [0.25, 0.3) is 5.57 Å². The lowest BCUT2D eigenvalue weighted by Crippen LogP contribution is -2.14. The predicted octanol–water partition coefficient (Wildman–Crippen LogP) is 8.48. The summed E-state index contributed by atoms with van der Waals surface area (Å²) in [4.78, 5) is 0. The van der Waals surface area contributed by atoms with Gasteiger partial charge in [-0.25, -0.2) is 0 Å². The number of phenolic OH excluding ortho intramolecular Hbond substituents is 4. The molecule has 6 rings (SSSR count). The monoisotopic (exact) mass is 552 g/mol. The Kier molecular flexibility index (Phi) is 7.52. The molecule has 0 saturated carbocycles. The highest BCUT2D eigenvalue weighted by Crippen LogP contribution is 2.40. The van der Waals surface area contributed by atoms with Crippen molar-refractivity contribution in [1.82, 2.24) is 0 Å². The highest BCUT2D eigenvalue weighted by atomic mass is 16.3. The molecule has 0 radical (unpaired) electrons. The van der Waals surface area contributed by atoms with E-state index in [2.05, 4.69) is 42.5 Å². The topological polar surface area (TPSA) is 80.9 Å². The van der Waals surface area contributed by atoms with Gasteiger partial charge in [-0.3, -0.25) is 0 Å². The van der Waals surface area contributed by atoms with Gasteiger partial charge < -0.3 is 20.4 Å². The van der Waals surface area contributed by atoms with E-state index in [-0.39, 0.29) is 40.8 Å². The molecule has 4 N–H and O–H groups in total. The Labute approximate surface area is 245 Å². The molecule has 5 aromatic rings. The van der Waals surface area contributed by atoms with E-state index in [0.717, 1.165) is 39.8 Å². The zero-order valence-corrected chi connectivity index (χ0v) is 23.0. The second-order valence-corrected chi connectivity index (χ2v) is 10.8. The smallest absolute Gasteiger partial charge is 0.115 e. The summed E-state index contributed by atoms with van der Waals surface area (Å²) in [7, 11) is 0. The molecule has 1 aliphatic carbocycles. The SMILES string of the molecule is Oc1ccc(C(c2ccc(O)cc2)c2ccc(C3=CCC(C(c4ccc(O)cc4)c4ccc(O)cc4)C=C3)cc2)cc1. The van der Waals surface area contributed by atoms with Gasteiger partial charge in [0.25, 0.3) is 0 Å². The third-order valence-corrected chi connectivity index (χ3v) is 8.10. The van der Waals surface area contributed by atoms with E-state index in [1.165, 1.54) is 5.57 Å². The van der Waals surface area contributed by atoms with Crippen LogP contribution in [0.1, 0.15) is 51.6 Å². The van der Waals surface area contributed by atoms with Gasteiger partial charge in [0.15, 0.2) is 0 Å². The first-order valence-electron chi connectivity index (χ1n) is 14.1. The summed E-state index contributed by atoms with van der Waals surface area (Å²) in [5.41, 5.74) is 7.76. The Bertz CT molecular complexity index is 1610. The summed E-state index contributed by atoms with van der Waals surface area (Å²) in [6.07, 6.45) is 7.59. The summed E-state index contributed by atoms with van der Waals surface area (Å²) < 4.78 is 0. The summed E-state index contributed by atoms with van der Waals surface area (Å²) >= 11 is 0. The van der Waals surface area contributed by atoms with Gasteiger partial charge in [0, 0.05) is 11.8 Å². The lowest BCUT2D eigenvalue weighted by Gasteiger charge is -2.28. The van der Waals surface area contributed by atoms with Crippen molar-refractivity contribution in [1.29, 1.82) is 0 Å². The molecule has 0 aliphatic heterocycles. The van der Waals surface area contributed by atoms with Crippen molar-refractivity contribution >= 4 is 5.57 Å². The van der Waals surface area contributed by atoms with Crippen molar-refractivity contribution in [3.05, 3.63) is 173 Å². The van der Waals surface area contributed by atoms with Crippen LogP contribution in [0, 0.1) is 5.92 Å². The Balaban J connectivity index is 1.26. The quantitative estimate of drug-likeness (QED) is 0.153. The number of hydrogen-bond donors (Lipinski definition) is 4. The molecule has 0 aromatic heterocycles. The molecular formula is C38H32O4. The molecule has 4 heteroatoms. The average Bonchev–Trinajstić information content (AvgIpc) is 3.02. The van der Waals surface area contributed by atoms with E-state index in [1.54, 1.807) is 48.5 Å². The number of aromatic hydroxyl groups is 4. The standard InChI is InChI=1S/C38H32O4/c39-33-17-9-29(10-18-33)37(30-11-19-34(40)20-12-30)27-5-1-25(2-6-27)26-3-7-28(8-4-26)38(31-13-21-35(41)22-14-31)32-15-23-36(42)24-16-32/h1-7,9-24,28,37-42H,8H2. The number of benzene rings is 5. The fraction of sp³-hybridized carbons (Fsp3) is 0.105. The van der Waals surface area contributed by atoms with Crippen LogP contribution in [0.15, 0.2) is 140 Å². The number of rotatable bonds is 7. The van der Waals surface area contributed by atoms with Crippen LogP contribution in [0.3, 0.4) is 0 Å². The van der Waals surface area contributed by atoms with Crippen molar-refractivity contribution in [2.24, 2.45) is 5.92 Å². The largest absolute Gasteiger partial charge is 0.508 e. The van der Waals surface area contributed by atoms with E-state index in [0.29, 0.717) is 0 Å². The summed E-state index contributed by atoms with van der Waals surface area (Å²) in [6.45, 7) is 0. The Morgan fingerprint density at radius 3 is 1.17 bits per heavy atom. The first-order valence-corrected chi connectivity index (χ1v) is 14.1. The van der Waals surface area contributed by atoms with Crippen molar-refractivity contribution < 1.29 is 20.4 Å². The molecule has 0 fully saturated rings. The van der Waals surface area contributed by atoms with E-state index < -0.39 is 0 Å². The zero-order valence-electron chi connectivity index (χ0n) is 23.0. The molecule has 0 saturated heterocycles. The second kappa shape index (κ2) is 11.7. The van der Waals surface area contributed by atoms with Gasteiger partial charge in [-0.05, 0) is 99.8 Å². The molecule has 208 valence electrons. The maximum Gasteiger partial charge on any atom is 0.115 e. The van der Waals surface area contributed by atoms with Crippen molar-refractivity contribution in [3.8, 4) is 23.0 Å². The predicted molar refractivity (Wildman–Crippen MR) is 167 cm³/mol. The van der Waals surface area contributed by atoms with Crippen LogP contribution < -0.4 is 0 Å². The van der Waals surface area contributed by atoms with Gasteiger partial charge in [0.2, 0.25) is 0 Å². The molecule has 0 heterocycles. The van der Waals surface area contributed by atoms with Crippen LogP contribution in [-0.2, 0) is 0 Å². The molecule has 0 amide bonds. The normalized spacial score (nSPS) is 14.7. The first-order chi connectivity index (χ1) is 20.4. The highest BCUT2D eigenvalue weighted by Gasteiger charge is 2.25. The number of allylic oxidation sites excluding steroid dienone is 4. The van der Waals surface area contributed by atoms with Gasteiger partial charge in [-0.2, -0.15) is 0 Å². The van der Waals surface area contributed by atoms with Gasteiger partial charge in [0.1, 0.15) is 23.0 Å². The maximum atomic E-state index is 9.85. The Hall–Kier alpha value is -5.22. The van der Waals surface area contributed by atoms with E-state index >= 15 is 0 Å². The van der Waals surface area contributed by atoms with E-state index in [1.807, 2.05) is 48.5 Å². The number of phenols is 4. The molecule has 5 aromatic carbocycles. The first kappa shape index (κ1) is 27.0. The molecule has 1 aliphatic rings. The molecule has 1 unspecified atom stereocenters. The molecule has 1 atom stereocenters.